The molecule has 228 valence electrons. The number of aliphatic hydroxyl groups is 3. The van der Waals surface area contributed by atoms with E-state index in [0.717, 1.165) is 44.9 Å². The second-order valence-corrected chi connectivity index (χ2v) is 11.0. The molecule has 0 aromatic carbocycles. The molecule has 0 saturated carbocycles. The van der Waals surface area contributed by atoms with Gasteiger partial charge in [-0.25, -0.2) is 0 Å². The minimum atomic E-state index is -0.954. The summed E-state index contributed by atoms with van der Waals surface area (Å²) in [7, 11) is 0. The first-order valence-corrected chi connectivity index (χ1v) is 16.3. The molecule has 0 aliphatic carbocycles. The summed E-state index contributed by atoms with van der Waals surface area (Å²) in [4.78, 5) is 12.3. The van der Waals surface area contributed by atoms with Gasteiger partial charge in [0.2, 0.25) is 5.91 Å². The zero-order valence-corrected chi connectivity index (χ0v) is 25.5. The molecule has 0 aliphatic rings. The van der Waals surface area contributed by atoms with E-state index in [1.807, 2.05) is 6.08 Å². The van der Waals surface area contributed by atoms with Crippen LogP contribution in [0.5, 0.6) is 0 Å². The fraction of sp³-hybridized carbons (Fsp3) is 0.794. The van der Waals surface area contributed by atoms with Gasteiger partial charge in [-0.3, -0.25) is 4.79 Å². The lowest BCUT2D eigenvalue weighted by Gasteiger charge is -2.21. The number of amides is 1. The van der Waals surface area contributed by atoms with E-state index in [1.165, 1.54) is 77.0 Å². The Balaban J connectivity index is 3.80. The molecule has 39 heavy (non-hydrogen) atoms. The fourth-order valence-electron chi connectivity index (χ4n) is 4.67. The van der Waals surface area contributed by atoms with Gasteiger partial charge in [-0.05, 0) is 38.5 Å². The van der Waals surface area contributed by atoms with Crippen LogP contribution in [-0.2, 0) is 4.79 Å². The molecule has 0 rings (SSSR count). The van der Waals surface area contributed by atoms with Crippen molar-refractivity contribution in [2.45, 2.75) is 167 Å². The lowest BCUT2D eigenvalue weighted by atomic mass is 10.0. The van der Waals surface area contributed by atoms with Gasteiger partial charge in [0.1, 0.15) is 0 Å². The fourth-order valence-corrected chi connectivity index (χ4v) is 4.67. The van der Waals surface area contributed by atoms with Crippen LogP contribution < -0.4 is 5.32 Å². The van der Waals surface area contributed by atoms with Crippen LogP contribution in [0.3, 0.4) is 0 Å². The Morgan fingerprint density at radius 2 is 1.13 bits per heavy atom. The number of hydrogen-bond acceptors (Lipinski definition) is 4. The van der Waals surface area contributed by atoms with E-state index in [2.05, 4.69) is 43.5 Å². The maximum Gasteiger partial charge on any atom is 0.222 e. The highest BCUT2D eigenvalue weighted by atomic mass is 16.3. The van der Waals surface area contributed by atoms with Crippen LogP contribution in [0.2, 0.25) is 0 Å². The van der Waals surface area contributed by atoms with Crippen LogP contribution in [-0.4, -0.2) is 46.1 Å². The number of aliphatic hydroxyl groups excluding tert-OH is 3. The maximum atomic E-state index is 12.3. The van der Waals surface area contributed by atoms with Crippen molar-refractivity contribution < 1.29 is 20.1 Å². The Morgan fingerprint density at radius 1 is 0.667 bits per heavy atom. The Kier molecular flexibility index (Phi) is 28.5. The zero-order chi connectivity index (χ0) is 28.8. The third kappa shape index (κ3) is 26.6. The summed E-state index contributed by atoms with van der Waals surface area (Å²) in [5.41, 5.74) is 0. The van der Waals surface area contributed by atoms with E-state index < -0.39 is 18.2 Å². The van der Waals surface area contributed by atoms with Gasteiger partial charge in [0.25, 0.3) is 0 Å². The number of hydrogen-bond donors (Lipinski definition) is 4. The van der Waals surface area contributed by atoms with Crippen molar-refractivity contribution in [3.8, 4) is 0 Å². The average Bonchev–Trinajstić information content (AvgIpc) is 2.92. The zero-order valence-electron chi connectivity index (χ0n) is 25.5. The van der Waals surface area contributed by atoms with Gasteiger partial charge in [-0.2, -0.15) is 0 Å². The van der Waals surface area contributed by atoms with Gasteiger partial charge < -0.3 is 20.6 Å². The standard InChI is InChI=1S/C34H63NO4/c1-3-5-7-9-11-13-15-16-17-18-19-21-23-25-27-31(37)29-34(39)35-32(30-36)33(38)28-26-24-22-20-14-12-10-8-6-4-2/h6,8,14,20,26,28,31-33,36-38H,3-5,7,9-13,15-19,21-25,27,29-30H2,1-2H3,(H,35,39)/b8-6+,20-14+,28-26+. The van der Waals surface area contributed by atoms with E-state index in [1.54, 1.807) is 6.08 Å². The predicted octanol–water partition coefficient (Wildman–Crippen LogP) is 8.09. The van der Waals surface area contributed by atoms with Crippen molar-refractivity contribution in [3.05, 3.63) is 36.5 Å². The first-order valence-electron chi connectivity index (χ1n) is 16.3. The Hall–Kier alpha value is -1.43. The number of carbonyl (C=O) groups is 1. The molecule has 0 fully saturated rings. The molecule has 0 aromatic rings. The van der Waals surface area contributed by atoms with Gasteiger partial charge >= 0.3 is 0 Å². The van der Waals surface area contributed by atoms with Crippen molar-refractivity contribution in [2.24, 2.45) is 0 Å². The van der Waals surface area contributed by atoms with Crippen molar-refractivity contribution in [3.63, 3.8) is 0 Å². The third-order valence-electron chi connectivity index (χ3n) is 7.17. The summed E-state index contributed by atoms with van der Waals surface area (Å²) in [6.07, 6.45) is 34.1. The lowest BCUT2D eigenvalue weighted by molar-refractivity contribution is -0.124. The van der Waals surface area contributed by atoms with Gasteiger partial charge in [0.15, 0.2) is 0 Å². The summed E-state index contributed by atoms with van der Waals surface area (Å²) in [6.45, 7) is 4.04. The first-order chi connectivity index (χ1) is 19.0. The average molecular weight is 550 g/mol. The molecule has 0 radical (unpaired) electrons. The molecule has 5 heteroatoms. The Bertz CT molecular complexity index is 616. The van der Waals surface area contributed by atoms with Gasteiger partial charge in [-0.15, -0.1) is 0 Å². The van der Waals surface area contributed by atoms with E-state index >= 15 is 0 Å². The second-order valence-electron chi connectivity index (χ2n) is 11.0. The molecule has 0 spiro atoms. The summed E-state index contributed by atoms with van der Waals surface area (Å²) in [5, 5.41) is 32.8. The van der Waals surface area contributed by atoms with Gasteiger partial charge in [-0.1, -0.05) is 140 Å². The molecule has 4 N–H and O–H groups in total. The highest BCUT2D eigenvalue weighted by Crippen LogP contribution is 2.14. The normalized spacial score (nSPS) is 14.5. The minimum Gasteiger partial charge on any atom is -0.394 e. The molecule has 0 bridgehead atoms. The number of rotatable bonds is 28. The summed E-state index contributed by atoms with van der Waals surface area (Å²) in [5.74, 6) is -0.334. The van der Waals surface area contributed by atoms with Crippen LogP contribution in [0.1, 0.15) is 149 Å². The van der Waals surface area contributed by atoms with E-state index in [9.17, 15) is 20.1 Å². The number of allylic oxidation sites excluding steroid dienone is 5. The van der Waals surface area contributed by atoms with Crippen LogP contribution >= 0.6 is 0 Å². The summed E-state index contributed by atoms with van der Waals surface area (Å²) >= 11 is 0. The monoisotopic (exact) mass is 549 g/mol. The summed E-state index contributed by atoms with van der Waals surface area (Å²) < 4.78 is 0. The van der Waals surface area contributed by atoms with Crippen molar-refractivity contribution >= 4 is 5.91 Å². The SMILES string of the molecule is CC/C=C/CC/C=C/CC/C=C/C(O)C(CO)NC(=O)CC(O)CCCCCCCCCCCCCCCC. The van der Waals surface area contributed by atoms with Crippen molar-refractivity contribution in [2.75, 3.05) is 6.61 Å². The largest absolute Gasteiger partial charge is 0.394 e. The van der Waals surface area contributed by atoms with Gasteiger partial charge in [0.05, 0.1) is 31.3 Å². The summed E-state index contributed by atoms with van der Waals surface area (Å²) in [6, 6.07) is -0.761. The minimum absolute atomic E-state index is 0.00359. The molecule has 0 aliphatic heterocycles. The van der Waals surface area contributed by atoms with Crippen LogP contribution in [0.25, 0.3) is 0 Å². The highest BCUT2D eigenvalue weighted by Gasteiger charge is 2.20. The van der Waals surface area contributed by atoms with Crippen LogP contribution in [0.15, 0.2) is 36.5 Å². The smallest absolute Gasteiger partial charge is 0.222 e. The molecule has 0 aromatic heterocycles. The molecule has 1 amide bonds. The molecule has 0 saturated heterocycles. The second kappa shape index (κ2) is 29.6. The molecule has 3 unspecified atom stereocenters. The Labute approximate surface area is 241 Å². The van der Waals surface area contributed by atoms with Crippen LogP contribution in [0.4, 0.5) is 0 Å². The first kappa shape index (κ1) is 37.6. The predicted molar refractivity (Wildman–Crippen MR) is 167 cm³/mol. The molecule has 3 atom stereocenters. The molecular weight excluding hydrogens is 486 g/mol. The third-order valence-corrected chi connectivity index (χ3v) is 7.17. The van der Waals surface area contributed by atoms with Crippen molar-refractivity contribution in [1.82, 2.24) is 5.32 Å². The number of carbonyl (C=O) groups excluding carboxylic acids is 1. The van der Waals surface area contributed by atoms with Gasteiger partial charge in [0, 0.05) is 0 Å². The quantitative estimate of drug-likeness (QED) is 0.0586. The number of unbranched alkanes of at least 4 members (excludes halogenated alkanes) is 15. The maximum absolute atomic E-state index is 12.3. The highest BCUT2D eigenvalue weighted by molar-refractivity contribution is 5.76. The lowest BCUT2D eigenvalue weighted by Crippen LogP contribution is -2.45. The van der Waals surface area contributed by atoms with Crippen LogP contribution in [0, 0.1) is 0 Å². The number of nitrogens with one attached hydrogen (secondary N) is 1. The van der Waals surface area contributed by atoms with E-state index in [4.69, 9.17) is 0 Å². The molecule has 0 heterocycles. The Morgan fingerprint density at radius 3 is 1.62 bits per heavy atom. The topological polar surface area (TPSA) is 89.8 Å². The van der Waals surface area contributed by atoms with E-state index in [-0.39, 0.29) is 18.9 Å². The van der Waals surface area contributed by atoms with Crippen molar-refractivity contribution in [1.29, 1.82) is 0 Å². The molecule has 5 nitrogen and oxygen atoms in total. The van der Waals surface area contributed by atoms with E-state index in [0.29, 0.717) is 6.42 Å². The molecular formula is C34H63NO4.